The molecule has 0 heterocycles. The molecule has 3 aromatic carbocycles. The molecular weight excluding hydrogens is 536 g/mol. The number of allylic oxidation sites excluding steroid dienone is 1. The quantitative estimate of drug-likeness (QED) is 0.155. The van der Waals surface area contributed by atoms with Crippen molar-refractivity contribution in [2.45, 2.75) is 111 Å². The fourth-order valence-electron chi connectivity index (χ4n) is 11.2. The molecule has 3 saturated carbocycles. The molecule has 0 aromatic heterocycles. The number of rotatable bonds is 7. The summed E-state index contributed by atoms with van der Waals surface area (Å²) in [5, 5.41) is 4.18. The largest absolute Gasteiger partial charge is 0.458 e. The number of fused-ring (bicyclic) bond motifs is 7. The van der Waals surface area contributed by atoms with E-state index in [2.05, 4.69) is 71.0 Å². The van der Waals surface area contributed by atoms with Crippen molar-refractivity contribution in [2.75, 3.05) is 0 Å². The van der Waals surface area contributed by atoms with Crippen LogP contribution >= 0.6 is 0 Å². The lowest BCUT2D eigenvalue weighted by Crippen LogP contribution is -2.51. The maximum Gasteiger partial charge on any atom is 0.339 e. The lowest BCUT2D eigenvalue weighted by Gasteiger charge is -2.58. The fraction of sp³-hybridized carbons (Fsp3) is 0.595. The van der Waals surface area contributed by atoms with Crippen LogP contribution in [0.2, 0.25) is 0 Å². The Morgan fingerprint density at radius 3 is 2.27 bits per heavy atom. The molecule has 4 aliphatic rings. The molecule has 8 atom stereocenters. The van der Waals surface area contributed by atoms with Crippen molar-refractivity contribution >= 4 is 27.5 Å². The van der Waals surface area contributed by atoms with Crippen LogP contribution in [-0.2, 0) is 4.74 Å². The number of hydrogen-bond donors (Lipinski definition) is 0. The summed E-state index contributed by atoms with van der Waals surface area (Å²) in [4.78, 5) is 13.9. The van der Waals surface area contributed by atoms with Gasteiger partial charge >= 0.3 is 5.97 Å². The van der Waals surface area contributed by atoms with Crippen LogP contribution in [0.3, 0.4) is 0 Å². The summed E-state index contributed by atoms with van der Waals surface area (Å²) in [6.45, 7) is 12.6. The van der Waals surface area contributed by atoms with E-state index < -0.39 is 0 Å². The van der Waals surface area contributed by atoms with Crippen LogP contribution in [-0.4, -0.2) is 12.1 Å². The highest BCUT2D eigenvalue weighted by atomic mass is 16.5. The van der Waals surface area contributed by atoms with Crippen LogP contribution in [0.25, 0.3) is 21.5 Å². The highest BCUT2D eigenvalue weighted by Gasteiger charge is 2.59. The third-order valence-electron chi connectivity index (χ3n) is 13.5. The Labute approximate surface area is 266 Å². The second-order valence-electron chi connectivity index (χ2n) is 16.3. The van der Waals surface area contributed by atoms with Gasteiger partial charge in [0.15, 0.2) is 0 Å². The molecule has 3 aromatic rings. The first-order valence-corrected chi connectivity index (χ1v) is 18.0. The van der Waals surface area contributed by atoms with Crippen LogP contribution in [0.4, 0.5) is 0 Å². The molecule has 44 heavy (non-hydrogen) atoms. The standard InChI is InChI=1S/C42H54O2/c1-27(2)11-10-12-28(3)36-19-20-37-35-18-17-31-26-32(21-23-41(31,4)38(35)22-24-42(36,37)5)44-40(43)39-33-15-8-6-13-29(33)25-30-14-7-9-16-34(30)39/h6-9,13-17,25,27-28,32,35-38H,10-12,18-24,26H2,1-5H3/t28-,32+,35+,36-,37+,38+,41+,42-/m1/s1. The Kier molecular flexibility index (Phi) is 7.95. The van der Waals surface area contributed by atoms with E-state index in [9.17, 15) is 4.79 Å². The maximum atomic E-state index is 13.9. The van der Waals surface area contributed by atoms with Crippen LogP contribution in [0, 0.1) is 46.3 Å². The van der Waals surface area contributed by atoms with E-state index in [-0.39, 0.29) is 17.5 Å². The van der Waals surface area contributed by atoms with Crippen molar-refractivity contribution in [1.82, 2.24) is 0 Å². The van der Waals surface area contributed by atoms with Gasteiger partial charge in [-0.05, 0) is 119 Å². The van der Waals surface area contributed by atoms with Crippen molar-refractivity contribution < 1.29 is 9.53 Å². The lowest BCUT2D eigenvalue weighted by atomic mass is 9.47. The third-order valence-corrected chi connectivity index (χ3v) is 13.5. The number of carbonyl (C=O) groups excluding carboxylic acids is 1. The average Bonchev–Trinajstić information content (AvgIpc) is 3.37. The second kappa shape index (κ2) is 11.6. The average molecular weight is 591 g/mol. The van der Waals surface area contributed by atoms with Crippen molar-refractivity contribution in [1.29, 1.82) is 0 Å². The van der Waals surface area contributed by atoms with E-state index >= 15 is 0 Å². The summed E-state index contributed by atoms with van der Waals surface area (Å²) in [7, 11) is 0. The second-order valence-corrected chi connectivity index (χ2v) is 16.3. The summed E-state index contributed by atoms with van der Waals surface area (Å²) in [5.41, 5.74) is 3.10. The first-order chi connectivity index (χ1) is 21.2. The summed E-state index contributed by atoms with van der Waals surface area (Å²) < 4.78 is 6.42. The first kappa shape index (κ1) is 30.1. The minimum Gasteiger partial charge on any atom is -0.458 e. The summed E-state index contributed by atoms with van der Waals surface area (Å²) in [6, 6.07) is 18.7. The van der Waals surface area contributed by atoms with Gasteiger partial charge in [0, 0.05) is 6.42 Å². The molecule has 0 amide bonds. The Bertz CT molecular complexity index is 1510. The molecule has 234 valence electrons. The zero-order valence-corrected chi connectivity index (χ0v) is 27.9. The Morgan fingerprint density at radius 2 is 1.57 bits per heavy atom. The Balaban J connectivity index is 1.07. The number of carbonyl (C=O) groups is 1. The molecule has 0 N–H and O–H groups in total. The smallest absolute Gasteiger partial charge is 0.339 e. The normalized spacial score (nSPS) is 33.9. The number of hydrogen-bond acceptors (Lipinski definition) is 2. The first-order valence-electron chi connectivity index (χ1n) is 18.0. The molecule has 0 radical (unpaired) electrons. The predicted octanol–water partition coefficient (Wildman–Crippen LogP) is 11.6. The predicted molar refractivity (Wildman–Crippen MR) is 184 cm³/mol. The number of ether oxygens (including phenoxy) is 1. The molecule has 0 bridgehead atoms. The topological polar surface area (TPSA) is 26.3 Å². The SMILES string of the molecule is CC(C)CCC[C@@H](C)[C@H]1CC[C@H]2[C@@H]3CC=C4C[C@@H](OC(=O)c5c6ccccc6cc6ccccc56)CC[C@]4(C)[C@H]3CC[C@]12C. The zero-order chi connectivity index (χ0) is 30.6. The highest BCUT2D eigenvalue weighted by molar-refractivity contribution is 6.16. The van der Waals surface area contributed by atoms with E-state index in [1.807, 2.05) is 24.3 Å². The van der Waals surface area contributed by atoms with Crippen molar-refractivity contribution in [3.63, 3.8) is 0 Å². The van der Waals surface area contributed by atoms with Gasteiger partial charge in [-0.25, -0.2) is 4.79 Å². The van der Waals surface area contributed by atoms with Crippen LogP contribution in [0.5, 0.6) is 0 Å². The van der Waals surface area contributed by atoms with Gasteiger partial charge in [-0.3, -0.25) is 0 Å². The van der Waals surface area contributed by atoms with E-state index in [1.165, 1.54) is 51.4 Å². The van der Waals surface area contributed by atoms with E-state index in [4.69, 9.17) is 4.74 Å². The molecule has 2 heteroatoms. The zero-order valence-electron chi connectivity index (χ0n) is 27.9. The Morgan fingerprint density at radius 1 is 0.864 bits per heavy atom. The van der Waals surface area contributed by atoms with Crippen LogP contribution in [0.15, 0.2) is 66.2 Å². The van der Waals surface area contributed by atoms with E-state index in [0.29, 0.717) is 5.41 Å². The van der Waals surface area contributed by atoms with Gasteiger partial charge in [0.05, 0.1) is 5.56 Å². The molecule has 0 unspecified atom stereocenters. The molecule has 4 aliphatic carbocycles. The Hall–Kier alpha value is -2.61. The summed E-state index contributed by atoms with van der Waals surface area (Å²) in [5.74, 6) is 4.92. The highest BCUT2D eigenvalue weighted by Crippen LogP contribution is 2.67. The van der Waals surface area contributed by atoms with Crippen LogP contribution in [0.1, 0.15) is 116 Å². The molecule has 0 saturated heterocycles. The van der Waals surface area contributed by atoms with E-state index in [1.54, 1.807) is 5.57 Å². The monoisotopic (exact) mass is 590 g/mol. The summed E-state index contributed by atoms with van der Waals surface area (Å²) >= 11 is 0. The molecule has 0 spiro atoms. The van der Waals surface area contributed by atoms with Crippen LogP contribution < -0.4 is 0 Å². The minimum absolute atomic E-state index is 0.0347. The number of benzene rings is 3. The summed E-state index contributed by atoms with van der Waals surface area (Å²) in [6.07, 6.45) is 16.7. The van der Waals surface area contributed by atoms with Gasteiger partial charge in [-0.2, -0.15) is 0 Å². The third kappa shape index (κ3) is 5.03. The van der Waals surface area contributed by atoms with Gasteiger partial charge in [0.1, 0.15) is 6.10 Å². The maximum absolute atomic E-state index is 13.9. The molecule has 7 rings (SSSR count). The molecule has 2 nitrogen and oxygen atoms in total. The fourth-order valence-corrected chi connectivity index (χ4v) is 11.2. The molecular formula is C42H54O2. The number of esters is 1. The van der Waals surface area contributed by atoms with Gasteiger partial charge < -0.3 is 4.74 Å². The van der Waals surface area contributed by atoms with Gasteiger partial charge in [0.2, 0.25) is 0 Å². The van der Waals surface area contributed by atoms with Gasteiger partial charge in [-0.15, -0.1) is 0 Å². The molecule has 3 fully saturated rings. The van der Waals surface area contributed by atoms with Gasteiger partial charge in [-0.1, -0.05) is 114 Å². The van der Waals surface area contributed by atoms with Crippen molar-refractivity contribution in [2.24, 2.45) is 46.3 Å². The van der Waals surface area contributed by atoms with Crippen molar-refractivity contribution in [3.05, 3.63) is 71.8 Å². The van der Waals surface area contributed by atoms with Gasteiger partial charge in [0.25, 0.3) is 0 Å². The van der Waals surface area contributed by atoms with E-state index in [0.717, 1.165) is 81.9 Å². The molecule has 0 aliphatic heterocycles. The lowest BCUT2D eigenvalue weighted by molar-refractivity contribution is -0.0594. The minimum atomic E-state index is -0.158. The van der Waals surface area contributed by atoms with Crippen molar-refractivity contribution in [3.8, 4) is 0 Å².